The van der Waals surface area contributed by atoms with Crippen LogP contribution in [0.25, 0.3) is 10.2 Å². The summed E-state index contributed by atoms with van der Waals surface area (Å²) in [7, 11) is 1.90. The molecule has 2 aromatic rings. The minimum Gasteiger partial charge on any atom is -0.379 e. The average molecular weight is 264 g/mol. The van der Waals surface area contributed by atoms with Crippen molar-refractivity contribution in [1.29, 1.82) is 0 Å². The first-order valence-corrected chi connectivity index (χ1v) is 6.97. The highest BCUT2D eigenvalue weighted by atomic mass is 32.1. The molecule has 0 aliphatic carbocycles. The van der Waals surface area contributed by atoms with Gasteiger partial charge in [0.05, 0.1) is 25.1 Å². The van der Waals surface area contributed by atoms with Gasteiger partial charge in [0.2, 0.25) is 0 Å². The van der Waals surface area contributed by atoms with E-state index in [1.54, 1.807) is 11.3 Å². The first-order chi connectivity index (χ1) is 8.86. The summed E-state index contributed by atoms with van der Waals surface area (Å²) < 4.78 is 5.35. The van der Waals surface area contributed by atoms with Crippen LogP contribution in [-0.2, 0) is 11.3 Å². The zero-order valence-electron chi connectivity index (χ0n) is 10.3. The van der Waals surface area contributed by atoms with Crippen LogP contribution in [0.4, 0.5) is 5.82 Å². The molecule has 3 rings (SSSR count). The Hall–Kier alpha value is -1.24. The van der Waals surface area contributed by atoms with E-state index in [2.05, 4.69) is 31.6 Å². The van der Waals surface area contributed by atoms with Crippen molar-refractivity contribution < 1.29 is 4.74 Å². The highest BCUT2D eigenvalue weighted by molar-refractivity contribution is 7.16. The summed E-state index contributed by atoms with van der Waals surface area (Å²) in [5, 5.41) is 6.31. The van der Waals surface area contributed by atoms with E-state index in [-0.39, 0.29) is 0 Å². The maximum absolute atomic E-state index is 5.35. The topological polar surface area (TPSA) is 50.3 Å². The van der Waals surface area contributed by atoms with Crippen LogP contribution in [0, 0.1) is 0 Å². The Morgan fingerprint density at radius 2 is 2.22 bits per heavy atom. The molecule has 18 heavy (non-hydrogen) atoms. The van der Waals surface area contributed by atoms with Gasteiger partial charge in [-0.25, -0.2) is 9.97 Å². The summed E-state index contributed by atoms with van der Waals surface area (Å²) in [4.78, 5) is 12.6. The molecular weight excluding hydrogens is 248 g/mol. The van der Waals surface area contributed by atoms with Crippen LogP contribution in [0.15, 0.2) is 11.4 Å². The molecule has 6 heteroatoms. The SMILES string of the molecule is CNc1nc(CN2CCOCC2)nc2sccc12. The standard InChI is InChI=1S/C12H16N4OS/c1-13-11-9-2-7-18-12(9)15-10(14-11)8-16-3-5-17-6-4-16/h2,7H,3-6,8H2,1H3,(H,13,14,15). The summed E-state index contributed by atoms with van der Waals surface area (Å²) in [5.74, 6) is 1.81. The van der Waals surface area contributed by atoms with E-state index >= 15 is 0 Å². The van der Waals surface area contributed by atoms with Gasteiger partial charge in [0.1, 0.15) is 16.5 Å². The number of nitrogens with zero attached hydrogens (tertiary/aromatic N) is 3. The number of thiophene rings is 1. The van der Waals surface area contributed by atoms with Crippen LogP contribution < -0.4 is 5.32 Å². The number of fused-ring (bicyclic) bond motifs is 1. The van der Waals surface area contributed by atoms with E-state index in [1.807, 2.05) is 7.05 Å². The smallest absolute Gasteiger partial charge is 0.146 e. The molecule has 1 N–H and O–H groups in total. The van der Waals surface area contributed by atoms with Crippen molar-refractivity contribution >= 4 is 27.4 Å². The second-order valence-corrected chi connectivity index (χ2v) is 5.16. The quantitative estimate of drug-likeness (QED) is 0.912. The molecule has 3 heterocycles. The lowest BCUT2D eigenvalue weighted by atomic mass is 10.3. The Morgan fingerprint density at radius 3 is 3.00 bits per heavy atom. The fourth-order valence-electron chi connectivity index (χ4n) is 2.12. The van der Waals surface area contributed by atoms with Crippen molar-refractivity contribution in [3.8, 4) is 0 Å². The number of ether oxygens (including phenoxy) is 1. The Morgan fingerprint density at radius 1 is 1.39 bits per heavy atom. The van der Waals surface area contributed by atoms with Crippen molar-refractivity contribution in [2.45, 2.75) is 6.54 Å². The van der Waals surface area contributed by atoms with Gasteiger partial charge in [-0.05, 0) is 11.4 Å². The highest BCUT2D eigenvalue weighted by Gasteiger charge is 2.14. The molecule has 1 aliphatic rings. The zero-order chi connectivity index (χ0) is 12.4. The number of nitrogens with one attached hydrogen (secondary N) is 1. The molecule has 0 bridgehead atoms. The van der Waals surface area contributed by atoms with E-state index in [0.29, 0.717) is 0 Å². The first kappa shape index (κ1) is 11.8. The van der Waals surface area contributed by atoms with Crippen molar-refractivity contribution in [3.63, 3.8) is 0 Å². The molecule has 1 saturated heterocycles. The molecule has 0 radical (unpaired) electrons. The van der Waals surface area contributed by atoms with Gasteiger partial charge in [-0.2, -0.15) is 0 Å². The largest absolute Gasteiger partial charge is 0.379 e. The molecule has 0 aromatic carbocycles. The van der Waals surface area contributed by atoms with Gasteiger partial charge in [0.25, 0.3) is 0 Å². The van der Waals surface area contributed by atoms with Crippen LogP contribution in [0.5, 0.6) is 0 Å². The maximum atomic E-state index is 5.35. The van der Waals surface area contributed by atoms with E-state index in [0.717, 1.165) is 54.7 Å². The Balaban J connectivity index is 1.86. The van der Waals surface area contributed by atoms with Crippen LogP contribution >= 0.6 is 11.3 Å². The molecule has 0 spiro atoms. The maximum Gasteiger partial charge on any atom is 0.146 e. The number of hydrogen-bond acceptors (Lipinski definition) is 6. The molecule has 5 nitrogen and oxygen atoms in total. The minimum absolute atomic E-state index is 0.798. The van der Waals surface area contributed by atoms with Gasteiger partial charge in [-0.15, -0.1) is 11.3 Å². The third-order valence-corrected chi connectivity index (χ3v) is 3.88. The fraction of sp³-hybridized carbons (Fsp3) is 0.500. The fourth-order valence-corrected chi connectivity index (χ4v) is 2.90. The van der Waals surface area contributed by atoms with Gasteiger partial charge >= 0.3 is 0 Å². The van der Waals surface area contributed by atoms with Gasteiger partial charge in [0, 0.05) is 20.1 Å². The molecule has 0 atom stereocenters. The van der Waals surface area contributed by atoms with Crippen molar-refractivity contribution in [3.05, 3.63) is 17.3 Å². The number of rotatable bonds is 3. The lowest BCUT2D eigenvalue weighted by Crippen LogP contribution is -2.36. The van der Waals surface area contributed by atoms with Crippen molar-refractivity contribution in [1.82, 2.24) is 14.9 Å². The molecular formula is C12H16N4OS. The third-order valence-electron chi connectivity index (χ3n) is 3.08. The van der Waals surface area contributed by atoms with Crippen LogP contribution in [-0.4, -0.2) is 48.2 Å². The molecule has 0 unspecified atom stereocenters. The van der Waals surface area contributed by atoms with E-state index in [1.165, 1.54) is 0 Å². The summed E-state index contributed by atoms with van der Waals surface area (Å²) in [6, 6.07) is 2.06. The highest BCUT2D eigenvalue weighted by Crippen LogP contribution is 2.25. The van der Waals surface area contributed by atoms with Gasteiger partial charge < -0.3 is 10.1 Å². The Bertz CT molecular complexity index is 536. The number of hydrogen-bond donors (Lipinski definition) is 1. The second kappa shape index (κ2) is 5.17. The molecule has 1 aliphatic heterocycles. The van der Waals surface area contributed by atoms with Gasteiger partial charge in [-0.3, -0.25) is 4.90 Å². The van der Waals surface area contributed by atoms with E-state index < -0.39 is 0 Å². The lowest BCUT2D eigenvalue weighted by Gasteiger charge is -2.25. The number of aromatic nitrogens is 2. The normalized spacial score (nSPS) is 17.2. The van der Waals surface area contributed by atoms with Gasteiger partial charge in [-0.1, -0.05) is 0 Å². The summed E-state index contributed by atoms with van der Waals surface area (Å²) in [6.45, 7) is 4.33. The Kier molecular flexibility index (Phi) is 3.40. The van der Waals surface area contributed by atoms with Crippen molar-refractivity contribution in [2.24, 2.45) is 0 Å². The molecule has 2 aromatic heterocycles. The summed E-state index contributed by atoms with van der Waals surface area (Å²) in [6.07, 6.45) is 0. The molecule has 96 valence electrons. The zero-order valence-corrected chi connectivity index (χ0v) is 11.2. The van der Waals surface area contributed by atoms with E-state index in [9.17, 15) is 0 Å². The predicted octanol–water partition coefficient (Wildman–Crippen LogP) is 1.57. The third kappa shape index (κ3) is 2.31. The van der Waals surface area contributed by atoms with E-state index in [4.69, 9.17) is 4.74 Å². The second-order valence-electron chi connectivity index (χ2n) is 4.27. The van der Waals surface area contributed by atoms with Crippen LogP contribution in [0.1, 0.15) is 5.82 Å². The van der Waals surface area contributed by atoms with Crippen LogP contribution in [0.3, 0.4) is 0 Å². The first-order valence-electron chi connectivity index (χ1n) is 6.09. The molecule has 1 fully saturated rings. The average Bonchev–Trinajstić information content (AvgIpc) is 2.87. The monoisotopic (exact) mass is 264 g/mol. The van der Waals surface area contributed by atoms with Crippen LogP contribution in [0.2, 0.25) is 0 Å². The lowest BCUT2D eigenvalue weighted by molar-refractivity contribution is 0.0331. The Labute approximate surface area is 110 Å². The van der Waals surface area contributed by atoms with Crippen molar-refractivity contribution in [2.75, 3.05) is 38.7 Å². The predicted molar refractivity (Wildman–Crippen MR) is 73.1 cm³/mol. The molecule has 0 saturated carbocycles. The summed E-state index contributed by atoms with van der Waals surface area (Å²) in [5.41, 5.74) is 0. The summed E-state index contributed by atoms with van der Waals surface area (Å²) >= 11 is 1.66. The molecule has 0 amide bonds. The number of anilines is 1. The number of morpholine rings is 1. The van der Waals surface area contributed by atoms with Gasteiger partial charge in [0.15, 0.2) is 0 Å². The minimum atomic E-state index is 0.798.